The zero-order valence-electron chi connectivity index (χ0n) is 12.5. The van der Waals surface area contributed by atoms with Crippen LogP contribution in [0.5, 0.6) is 0 Å². The van der Waals surface area contributed by atoms with Crippen LogP contribution in [-0.4, -0.2) is 44.2 Å². The molecule has 1 aliphatic heterocycles. The van der Waals surface area contributed by atoms with Crippen LogP contribution in [0, 0.1) is 6.92 Å². The predicted octanol–water partition coefficient (Wildman–Crippen LogP) is 3.53. The molecule has 2 rings (SSSR count). The lowest BCUT2D eigenvalue weighted by atomic mass is 9.97. The first-order valence-electron chi connectivity index (χ1n) is 6.80. The molecule has 1 aliphatic rings. The SMILES string of the molecule is CSC(SC)=C(C(=O)c1ccccc1C)C1COCCO1. The van der Waals surface area contributed by atoms with Crippen molar-refractivity contribution in [2.24, 2.45) is 0 Å². The molecule has 1 unspecified atom stereocenters. The molecule has 0 amide bonds. The molecule has 114 valence electrons. The minimum atomic E-state index is -0.277. The van der Waals surface area contributed by atoms with Crippen LogP contribution in [0.3, 0.4) is 0 Å². The number of ketones is 1. The summed E-state index contributed by atoms with van der Waals surface area (Å²) in [6.07, 6.45) is 3.70. The van der Waals surface area contributed by atoms with E-state index in [0.717, 1.165) is 20.9 Å². The van der Waals surface area contributed by atoms with Crippen molar-refractivity contribution >= 4 is 29.3 Å². The quantitative estimate of drug-likeness (QED) is 0.611. The molecule has 1 fully saturated rings. The molecule has 1 aromatic rings. The van der Waals surface area contributed by atoms with Gasteiger partial charge in [0.25, 0.3) is 0 Å². The summed E-state index contributed by atoms with van der Waals surface area (Å²) in [6.45, 7) is 3.53. The fourth-order valence-corrected chi connectivity index (χ4v) is 3.86. The second kappa shape index (κ2) is 8.03. The van der Waals surface area contributed by atoms with E-state index in [1.54, 1.807) is 23.5 Å². The van der Waals surface area contributed by atoms with E-state index >= 15 is 0 Å². The van der Waals surface area contributed by atoms with Crippen molar-refractivity contribution in [2.45, 2.75) is 13.0 Å². The van der Waals surface area contributed by atoms with Crippen molar-refractivity contribution in [3.63, 3.8) is 0 Å². The number of hydrogen-bond acceptors (Lipinski definition) is 5. The summed E-state index contributed by atoms with van der Waals surface area (Å²) >= 11 is 3.17. The first-order chi connectivity index (χ1) is 10.2. The monoisotopic (exact) mass is 324 g/mol. The van der Waals surface area contributed by atoms with E-state index in [2.05, 4.69) is 0 Å². The van der Waals surface area contributed by atoms with Crippen LogP contribution in [0.25, 0.3) is 0 Å². The van der Waals surface area contributed by atoms with Crippen molar-refractivity contribution < 1.29 is 14.3 Å². The molecule has 0 spiro atoms. The highest BCUT2D eigenvalue weighted by Gasteiger charge is 2.29. The first-order valence-corrected chi connectivity index (χ1v) is 9.25. The average molecular weight is 324 g/mol. The van der Waals surface area contributed by atoms with Gasteiger partial charge in [-0.25, -0.2) is 0 Å². The van der Waals surface area contributed by atoms with E-state index in [9.17, 15) is 4.79 Å². The van der Waals surface area contributed by atoms with Crippen LogP contribution in [0.2, 0.25) is 0 Å². The minimum Gasteiger partial charge on any atom is -0.376 e. The molecule has 3 nitrogen and oxygen atoms in total. The van der Waals surface area contributed by atoms with Crippen LogP contribution in [0.1, 0.15) is 15.9 Å². The van der Waals surface area contributed by atoms with Crippen molar-refractivity contribution in [1.29, 1.82) is 0 Å². The van der Waals surface area contributed by atoms with Gasteiger partial charge in [0.2, 0.25) is 0 Å². The second-order valence-corrected chi connectivity index (χ2v) is 6.58. The molecule has 0 aliphatic carbocycles. The number of carbonyl (C=O) groups excluding carboxylic acids is 1. The normalized spacial score (nSPS) is 18.3. The van der Waals surface area contributed by atoms with Gasteiger partial charge in [0.15, 0.2) is 5.78 Å². The van der Waals surface area contributed by atoms with E-state index in [-0.39, 0.29) is 11.9 Å². The molecule has 0 aromatic heterocycles. The molecule has 0 radical (unpaired) electrons. The number of Topliss-reactive ketones (excluding diaryl/α,β-unsaturated/α-hetero) is 1. The second-order valence-electron chi connectivity index (χ2n) is 4.69. The number of hydrogen-bond donors (Lipinski definition) is 0. The Balaban J connectivity index is 2.42. The van der Waals surface area contributed by atoms with Crippen LogP contribution < -0.4 is 0 Å². The lowest BCUT2D eigenvalue weighted by Crippen LogP contribution is -2.33. The van der Waals surface area contributed by atoms with Gasteiger partial charge in [-0.3, -0.25) is 4.79 Å². The Morgan fingerprint density at radius 1 is 1.19 bits per heavy atom. The zero-order valence-corrected chi connectivity index (χ0v) is 14.2. The third-order valence-electron chi connectivity index (χ3n) is 3.36. The van der Waals surface area contributed by atoms with E-state index < -0.39 is 0 Å². The van der Waals surface area contributed by atoms with Gasteiger partial charge in [0.05, 0.1) is 25.4 Å². The summed E-state index contributed by atoms with van der Waals surface area (Å²) in [5, 5.41) is 0. The lowest BCUT2D eigenvalue weighted by molar-refractivity contribution is -0.0712. The minimum absolute atomic E-state index is 0.0438. The summed E-state index contributed by atoms with van der Waals surface area (Å²) in [6, 6.07) is 7.67. The Kier molecular flexibility index (Phi) is 6.36. The van der Waals surface area contributed by atoms with Gasteiger partial charge in [-0.1, -0.05) is 24.3 Å². The van der Waals surface area contributed by atoms with Gasteiger partial charge >= 0.3 is 0 Å². The molecule has 5 heteroatoms. The van der Waals surface area contributed by atoms with E-state index in [4.69, 9.17) is 9.47 Å². The van der Waals surface area contributed by atoms with E-state index in [0.29, 0.717) is 19.8 Å². The molecule has 0 bridgehead atoms. The lowest BCUT2D eigenvalue weighted by Gasteiger charge is -2.26. The summed E-state index contributed by atoms with van der Waals surface area (Å²) in [4.78, 5) is 13.0. The smallest absolute Gasteiger partial charge is 0.193 e. The summed E-state index contributed by atoms with van der Waals surface area (Å²) in [7, 11) is 0. The Labute approximate surface area is 134 Å². The van der Waals surface area contributed by atoms with Crippen LogP contribution in [0.4, 0.5) is 0 Å². The summed E-state index contributed by atoms with van der Waals surface area (Å²) in [5.74, 6) is 0.0438. The Hall–Kier alpha value is -0.750. The van der Waals surface area contributed by atoms with Crippen LogP contribution in [0.15, 0.2) is 34.1 Å². The molecular weight excluding hydrogens is 304 g/mol. The number of rotatable bonds is 5. The molecule has 1 aromatic carbocycles. The van der Waals surface area contributed by atoms with Gasteiger partial charge < -0.3 is 9.47 Å². The molecular formula is C16H20O3S2. The number of thioether (sulfide) groups is 2. The number of aryl methyl sites for hydroxylation is 1. The van der Waals surface area contributed by atoms with Crippen molar-refractivity contribution in [3.8, 4) is 0 Å². The van der Waals surface area contributed by atoms with Crippen molar-refractivity contribution in [1.82, 2.24) is 0 Å². The Morgan fingerprint density at radius 3 is 2.48 bits per heavy atom. The summed E-state index contributed by atoms with van der Waals surface area (Å²) < 4.78 is 12.3. The highest BCUT2D eigenvalue weighted by molar-refractivity contribution is 8.21. The molecule has 1 saturated heterocycles. The molecule has 1 heterocycles. The van der Waals surface area contributed by atoms with Gasteiger partial charge in [0.1, 0.15) is 6.10 Å². The Morgan fingerprint density at radius 2 is 1.90 bits per heavy atom. The van der Waals surface area contributed by atoms with Gasteiger partial charge in [0, 0.05) is 9.80 Å². The zero-order chi connectivity index (χ0) is 15.2. The third kappa shape index (κ3) is 3.92. The topological polar surface area (TPSA) is 35.5 Å². The highest BCUT2D eigenvalue weighted by Crippen LogP contribution is 2.33. The average Bonchev–Trinajstić information content (AvgIpc) is 2.53. The van der Waals surface area contributed by atoms with Crippen molar-refractivity contribution in [3.05, 3.63) is 45.2 Å². The standard InChI is InChI=1S/C16H20O3S2/c1-11-6-4-5-7-12(11)15(17)14(16(20-2)21-3)13-10-18-8-9-19-13/h4-7,13H,8-10H2,1-3H3. The molecule has 1 atom stereocenters. The fourth-order valence-electron chi connectivity index (χ4n) is 2.30. The number of carbonyl (C=O) groups is 1. The van der Waals surface area contributed by atoms with Gasteiger partial charge in [-0.15, -0.1) is 23.5 Å². The van der Waals surface area contributed by atoms with Crippen LogP contribution >= 0.6 is 23.5 Å². The number of benzene rings is 1. The van der Waals surface area contributed by atoms with E-state index in [1.807, 2.05) is 43.7 Å². The third-order valence-corrected chi connectivity index (χ3v) is 5.54. The largest absolute Gasteiger partial charge is 0.376 e. The summed E-state index contributed by atoms with van der Waals surface area (Å²) in [5.41, 5.74) is 2.45. The van der Waals surface area contributed by atoms with Gasteiger partial charge in [-0.05, 0) is 25.0 Å². The predicted molar refractivity (Wildman–Crippen MR) is 90.1 cm³/mol. The van der Waals surface area contributed by atoms with Gasteiger partial charge in [-0.2, -0.15) is 0 Å². The molecule has 0 saturated carbocycles. The maximum atomic E-state index is 13.0. The molecule has 21 heavy (non-hydrogen) atoms. The maximum absolute atomic E-state index is 13.0. The van der Waals surface area contributed by atoms with Crippen molar-refractivity contribution in [2.75, 3.05) is 32.3 Å². The Bertz CT molecular complexity index is 528. The number of ether oxygens (including phenoxy) is 2. The highest BCUT2D eigenvalue weighted by atomic mass is 32.2. The maximum Gasteiger partial charge on any atom is 0.193 e. The molecule has 0 N–H and O–H groups in total. The van der Waals surface area contributed by atoms with E-state index in [1.165, 1.54) is 0 Å². The first kappa shape index (κ1) is 16.6. The van der Waals surface area contributed by atoms with Crippen LogP contribution in [-0.2, 0) is 9.47 Å². The fraction of sp³-hybridized carbons (Fsp3) is 0.438.